The summed E-state index contributed by atoms with van der Waals surface area (Å²) in [5.74, 6) is -0.180. The molecule has 160 valence electrons. The van der Waals surface area contributed by atoms with E-state index >= 15 is 0 Å². The molecule has 2 aromatic carbocycles. The van der Waals surface area contributed by atoms with E-state index in [4.69, 9.17) is 9.47 Å². The Morgan fingerprint density at radius 1 is 1.16 bits per heavy atom. The number of nitrogens with zero attached hydrogens (tertiary/aromatic N) is 3. The van der Waals surface area contributed by atoms with Crippen LogP contribution in [0.2, 0.25) is 0 Å². The van der Waals surface area contributed by atoms with Crippen molar-refractivity contribution < 1.29 is 24.2 Å². The van der Waals surface area contributed by atoms with Crippen LogP contribution in [0.3, 0.4) is 0 Å². The number of amides is 2. The molecule has 0 aliphatic carbocycles. The molecule has 1 aliphatic rings. The third kappa shape index (κ3) is 4.07. The molecule has 0 bridgehead atoms. The second kappa shape index (κ2) is 8.47. The second-order valence-corrected chi connectivity index (χ2v) is 7.33. The van der Waals surface area contributed by atoms with Crippen LogP contribution in [-0.2, 0) is 9.59 Å². The molecule has 2 N–H and O–H groups in total. The molecule has 9 heteroatoms. The monoisotopic (exact) mass is 422 g/mol. The van der Waals surface area contributed by atoms with E-state index in [1.54, 1.807) is 28.8 Å². The van der Waals surface area contributed by atoms with E-state index in [-0.39, 0.29) is 30.8 Å². The Morgan fingerprint density at radius 2 is 1.87 bits per heavy atom. The lowest BCUT2D eigenvalue weighted by molar-refractivity contribution is -0.132. The first-order valence-electron chi connectivity index (χ1n) is 9.88. The molecular formula is C22H22N4O5. The first kappa shape index (κ1) is 20.4. The summed E-state index contributed by atoms with van der Waals surface area (Å²) in [7, 11) is 0. The standard InChI is InChI=1S/C22H22N4O5/c1-13(2)26-15-8-4-3-7-14(15)20(22(26)29)25-24-19(27)11-23-21(28)18-12-30-16-9-5-6-10-17(16)31-18/h3-10,13,18,29H,11-12H2,1-2H3,(H,23,28)/t18-/m0/s1. The molecule has 1 aliphatic heterocycles. The van der Waals surface area contributed by atoms with Crippen molar-refractivity contribution in [1.29, 1.82) is 0 Å². The van der Waals surface area contributed by atoms with Crippen molar-refractivity contribution >= 4 is 28.4 Å². The number of carbonyl (C=O) groups is 2. The van der Waals surface area contributed by atoms with E-state index in [0.29, 0.717) is 16.9 Å². The number of azo groups is 1. The number of hydrogen-bond acceptors (Lipinski definition) is 6. The fourth-order valence-corrected chi connectivity index (χ4v) is 3.42. The van der Waals surface area contributed by atoms with Crippen molar-refractivity contribution in [3.05, 3.63) is 48.5 Å². The Hall–Kier alpha value is -3.88. The lowest BCUT2D eigenvalue weighted by Gasteiger charge is -2.25. The fraction of sp³-hybridized carbons (Fsp3) is 0.273. The molecule has 31 heavy (non-hydrogen) atoms. The zero-order valence-electron chi connectivity index (χ0n) is 17.1. The molecule has 1 aromatic heterocycles. The lowest BCUT2D eigenvalue weighted by atomic mass is 10.2. The van der Waals surface area contributed by atoms with Gasteiger partial charge in [0.15, 0.2) is 17.2 Å². The van der Waals surface area contributed by atoms with Gasteiger partial charge in [-0.25, -0.2) is 0 Å². The Bertz CT molecular complexity index is 1170. The van der Waals surface area contributed by atoms with Gasteiger partial charge in [0, 0.05) is 11.4 Å². The maximum absolute atomic E-state index is 12.3. The van der Waals surface area contributed by atoms with Crippen LogP contribution in [0.1, 0.15) is 19.9 Å². The highest BCUT2D eigenvalue weighted by Gasteiger charge is 2.27. The number of aromatic hydroxyl groups is 1. The van der Waals surface area contributed by atoms with Crippen LogP contribution in [-0.4, -0.2) is 40.7 Å². The summed E-state index contributed by atoms with van der Waals surface area (Å²) in [6.45, 7) is 3.56. The number of hydrogen-bond donors (Lipinski definition) is 2. The van der Waals surface area contributed by atoms with Crippen molar-refractivity contribution in [3.8, 4) is 17.4 Å². The summed E-state index contributed by atoms with van der Waals surface area (Å²) in [6.07, 6.45) is -0.868. The molecule has 1 atom stereocenters. The molecule has 0 saturated heterocycles. The number of rotatable bonds is 5. The zero-order valence-corrected chi connectivity index (χ0v) is 17.1. The van der Waals surface area contributed by atoms with Crippen molar-refractivity contribution in [1.82, 2.24) is 9.88 Å². The molecule has 2 heterocycles. The van der Waals surface area contributed by atoms with E-state index < -0.39 is 17.9 Å². The summed E-state index contributed by atoms with van der Waals surface area (Å²) >= 11 is 0. The Morgan fingerprint density at radius 3 is 2.65 bits per heavy atom. The first-order valence-corrected chi connectivity index (χ1v) is 9.88. The molecule has 4 rings (SSSR count). The highest BCUT2D eigenvalue weighted by atomic mass is 16.6. The maximum Gasteiger partial charge on any atom is 0.283 e. The highest BCUT2D eigenvalue weighted by molar-refractivity contribution is 5.95. The molecule has 0 unspecified atom stereocenters. The molecule has 0 radical (unpaired) electrons. The lowest BCUT2D eigenvalue weighted by Crippen LogP contribution is -2.45. The normalized spacial score (nSPS) is 15.5. The summed E-state index contributed by atoms with van der Waals surface area (Å²) in [4.78, 5) is 24.5. The van der Waals surface area contributed by atoms with Crippen LogP contribution in [0, 0.1) is 0 Å². The number of ether oxygens (including phenoxy) is 2. The van der Waals surface area contributed by atoms with Crippen LogP contribution in [0.25, 0.3) is 10.9 Å². The average Bonchev–Trinajstić information content (AvgIpc) is 3.06. The van der Waals surface area contributed by atoms with Gasteiger partial charge in [-0.1, -0.05) is 30.3 Å². The maximum atomic E-state index is 12.3. The highest BCUT2D eigenvalue weighted by Crippen LogP contribution is 2.40. The molecule has 3 aromatic rings. The first-order chi connectivity index (χ1) is 15.0. The van der Waals surface area contributed by atoms with Crippen LogP contribution in [0.5, 0.6) is 17.4 Å². The Kier molecular flexibility index (Phi) is 5.57. The number of nitrogens with one attached hydrogen (secondary N) is 1. The molecule has 9 nitrogen and oxygen atoms in total. The van der Waals surface area contributed by atoms with Gasteiger partial charge >= 0.3 is 0 Å². The minimum Gasteiger partial charge on any atom is -0.493 e. The van der Waals surface area contributed by atoms with E-state index in [0.717, 1.165) is 5.52 Å². The second-order valence-electron chi connectivity index (χ2n) is 7.33. The van der Waals surface area contributed by atoms with Gasteiger partial charge in [-0.3, -0.25) is 9.59 Å². The zero-order chi connectivity index (χ0) is 22.0. The molecule has 2 amide bonds. The molecular weight excluding hydrogens is 400 g/mol. The fourth-order valence-electron chi connectivity index (χ4n) is 3.42. The predicted molar refractivity (Wildman–Crippen MR) is 113 cm³/mol. The molecule has 0 spiro atoms. The van der Waals surface area contributed by atoms with Gasteiger partial charge in [-0.05, 0) is 32.0 Å². The Balaban J connectivity index is 1.41. The van der Waals surface area contributed by atoms with E-state index in [9.17, 15) is 14.7 Å². The number of aromatic nitrogens is 1. The van der Waals surface area contributed by atoms with Gasteiger partial charge in [0.2, 0.25) is 12.0 Å². The summed E-state index contributed by atoms with van der Waals surface area (Å²) in [5.41, 5.74) is 1.00. The Labute approximate surface area is 178 Å². The largest absolute Gasteiger partial charge is 0.493 e. The SMILES string of the molecule is CC(C)n1c(O)c(N=NC(=O)CNC(=O)[C@@H]2COc3ccccc3O2)c2ccccc21. The average molecular weight is 422 g/mol. The van der Waals surface area contributed by atoms with E-state index in [1.807, 2.05) is 38.1 Å². The number of carbonyl (C=O) groups excluding carboxylic acids is 2. The smallest absolute Gasteiger partial charge is 0.283 e. The van der Waals surface area contributed by atoms with Gasteiger partial charge in [0.1, 0.15) is 13.2 Å². The summed E-state index contributed by atoms with van der Waals surface area (Å²) < 4.78 is 12.8. The summed E-state index contributed by atoms with van der Waals surface area (Å²) in [5, 5.41) is 21.3. The van der Waals surface area contributed by atoms with Crippen LogP contribution < -0.4 is 14.8 Å². The van der Waals surface area contributed by atoms with Crippen molar-refractivity contribution in [2.45, 2.75) is 26.0 Å². The van der Waals surface area contributed by atoms with Gasteiger partial charge in [-0.15, -0.1) is 10.2 Å². The number of benzene rings is 2. The van der Waals surface area contributed by atoms with E-state index in [1.165, 1.54) is 0 Å². The van der Waals surface area contributed by atoms with Crippen LogP contribution in [0.15, 0.2) is 58.8 Å². The van der Waals surface area contributed by atoms with Gasteiger partial charge < -0.3 is 24.5 Å². The number of para-hydroxylation sites is 3. The molecule has 0 fully saturated rings. The molecule has 0 saturated carbocycles. The quantitative estimate of drug-likeness (QED) is 0.611. The third-order valence-corrected chi connectivity index (χ3v) is 4.85. The van der Waals surface area contributed by atoms with Crippen molar-refractivity contribution in [3.63, 3.8) is 0 Å². The van der Waals surface area contributed by atoms with E-state index in [2.05, 4.69) is 15.5 Å². The van der Waals surface area contributed by atoms with Crippen LogP contribution in [0.4, 0.5) is 5.69 Å². The number of fused-ring (bicyclic) bond motifs is 2. The topological polar surface area (TPSA) is 115 Å². The van der Waals surface area contributed by atoms with Crippen LogP contribution >= 0.6 is 0 Å². The van der Waals surface area contributed by atoms with Gasteiger partial charge in [-0.2, -0.15) is 0 Å². The van der Waals surface area contributed by atoms with Crippen molar-refractivity contribution in [2.24, 2.45) is 10.2 Å². The van der Waals surface area contributed by atoms with Gasteiger partial charge in [0.25, 0.3) is 11.8 Å². The summed E-state index contributed by atoms with van der Waals surface area (Å²) in [6, 6.07) is 14.4. The third-order valence-electron chi connectivity index (χ3n) is 4.85. The minimum absolute atomic E-state index is 0.00770. The van der Waals surface area contributed by atoms with Gasteiger partial charge in [0.05, 0.1) is 5.52 Å². The van der Waals surface area contributed by atoms with Crippen molar-refractivity contribution in [2.75, 3.05) is 13.2 Å². The minimum atomic E-state index is -0.868. The predicted octanol–water partition coefficient (Wildman–Crippen LogP) is 3.49.